The second-order valence-corrected chi connectivity index (χ2v) is 7.91. The van der Waals surface area contributed by atoms with E-state index in [-0.39, 0.29) is 17.1 Å². The van der Waals surface area contributed by atoms with Gasteiger partial charge in [0.25, 0.3) is 5.91 Å². The van der Waals surface area contributed by atoms with Gasteiger partial charge in [0.2, 0.25) is 5.76 Å². The Bertz CT molecular complexity index is 1360. The Balaban J connectivity index is 1.57. The number of methoxy groups -OCH3 is 1. The Kier molecular flexibility index (Phi) is 5.67. The van der Waals surface area contributed by atoms with Crippen LogP contribution >= 0.6 is 0 Å². The first kappa shape index (κ1) is 21.0. The van der Waals surface area contributed by atoms with Crippen molar-refractivity contribution in [3.8, 4) is 5.75 Å². The molecular formula is C27H23NO5. The van der Waals surface area contributed by atoms with Gasteiger partial charge in [-0.05, 0) is 35.4 Å². The van der Waals surface area contributed by atoms with E-state index >= 15 is 0 Å². The van der Waals surface area contributed by atoms with Crippen LogP contribution in [0.3, 0.4) is 0 Å². The minimum atomic E-state index is -0.580. The van der Waals surface area contributed by atoms with Crippen molar-refractivity contribution < 1.29 is 18.7 Å². The van der Waals surface area contributed by atoms with E-state index in [4.69, 9.17) is 13.9 Å². The van der Waals surface area contributed by atoms with Gasteiger partial charge in [-0.1, -0.05) is 54.6 Å². The predicted octanol–water partition coefficient (Wildman–Crippen LogP) is 4.56. The molecule has 3 aromatic carbocycles. The largest absolute Gasteiger partial charge is 0.489 e. The van der Waals surface area contributed by atoms with Crippen molar-refractivity contribution in [2.45, 2.75) is 12.6 Å². The summed E-state index contributed by atoms with van der Waals surface area (Å²) in [4.78, 5) is 28.4. The highest BCUT2D eigenvalue weighted by atomic mass is 16.5. The van der Waals surface area contributed by atoms with Gasteiger partial charge in [-0.3, -0.25) is 9.59 Å². The van der Waals surface area contributed by atoms with Crippen LogP contribution < -0.4 is 10.2 Å². The summed E-state index contributed by atoms with van der Waals surface area (Å²) >= 11 is 0. The fourth-order valence-electron chi connectivity index (χ4n) is 4.25. The summed E-state index contributed by atoms with van der Waals surface area (Å²) in [7, 11) is 1.58. The maximum atomic E-state index is 13.5. The van der Waals surface area contributed by atoms with Crippen LogP contribution in [0.4, 0.5) is 0 Å². The molecule has 0 fully saturated rings. The highest BCUT2D eigenvalue weighted by molar-refractivity contribution is 5.99. The summed E-state index contributed by atoms with van der Waals surface area (Å²) in [6, 6.07) is 23.8. The number of benzene rings is 3. The van der Waals surface area contributed by atoms with Gasteiger partial charge >= 0.3 is 0 Å². The molecule has 6 heteroatoms. The first-order valence-corrected chi connectivity index (χ1v) is 10.8. The van der Waals surface area contributed by atoms with Crippen molar-refractivity contribution >= 4 is 16.9 Å². The smallest absolute Gasteiger partial charge is 0.290 e. The summed E-state index contributed by atoms with van der Waals surface area (Å²) in [6.07, 6.45) is 0. The number of para-hydroxylation sites is 1. The average Bonchev–Trinajstić information content (AvgIpc) is 3.14. The van der Waals surface area contributed by atoms with Gasteiger partial charge in [0.05, 0.1) is 23.6 Å². The van der Waals surface area contributed by atoms with Gasteiger partial charge in [0.1, 0.15) is 17.9 Å². The second-order valence-electron chi connectivity index (χ2n) is 7.91. The third-order valence-corrected chi connectivity index (χ3v) is 5.83. The van der Waals surface area contributed by atoms with E-state index in [0.29, 0.717) is 42.0 Å². The van der Waals surface area contributed by atoms with Crippen molar-refractivity contribution in [2.24, 2.45) is 0 Å². The van der Waals surface area contributed by atoms with Crippen LogP contribution in [0.5, 0.6) is 5.75 Å². The molecule has 1 amide bonds. The predicted molar refractivity (Wildman–Crippen MR) is 124 cm³/mol. The molecule has 33 heavy (non-hydrogen) atoms. The van der Waals surface area contributed by atoms with Gasteiger partial charge in [-0.2, -0.15) is 0 Å². The molecule has 166 valence electrons. The molecule has 0 spiro atoms. The van der Waals surface area contributed by atoms with E-state index < -0.39 is 6.04 Å². The van der Waals surface area contributed by atoms with Crippen LogP contribution in [0, 0.1) is 0 Å². The molecule has 1 aliphatic heterocycles. The summed E-state index contributed by atoms with van der Waals surface area (Å²) in [5.41, 5.74) is 2.40. The van der Waals surface area contributed by atoms with Gasteiger partial charge < -0.3 is 18.8 Å². The molecule has 2 heterocycles. The third-order valence-electron chi connectivity index (χ3n) is 5.83. The van der Waals surface area contributed by atoms with E-state index in [1.807, 2.05) is 54.6 Å². The van der Waals surface area contributed by atoms with Crippen LogP contribution in [0.25, 0.3) is 11.0 Å². The van der Waals surface area contributed by atoms with Crippen LogP contribution in [0.2, 0.25) is 0 Å². The summed E-state index contributed by atoms with van der Waals surface area (Å²) in [5, 5.41) is 0.458. The minimum Gasteiger partial charge on any atom is -0.489 e. The van der Waals surface area contributed by atoms with E-state index in [9.17, 15) is 9.59 Å². The zero-order valence-electron chi connectivity index (χ0n) is 18.2. The Morgan fingerprint density at radius 3 is 2.55 bits per heavy atom. The van der Waals surface area contributed by atoms with Gasteiger partial charge in [-0.15, -0.1) is 0 Å². The van der Waals surface area contributed by atoms with Crippen LogP contribution in [0.15, 0.2) is 88.1 Å². The monoisotopic (exact) mass is 441 g/mol. The molecule has 0 aliphatic carbocycles. The molecule has 0 bridgehead atoms. The van der Waals surface area contributed by atoms with Crippen LogP contribution in [-0.4, -0.2) is 31.1 Å². The van der Waals surface area contributed by atoms with E-state index in [1.54, 1.807) is 36.3 Å². The molecular weight excluding hydrogens is 418 g/mol. The number of carbonyl (C=O) groups is 1. The lowest BCUT2D eigenvalue weighted by Gasteiger charge is -2.25. The number of rotatable bonds is 7. The lowest BCUT2D eigenvalue weighted by atomic mass is 9.98. The maximum absolute atomic E-state index is 13.5. The van der Waals surface area contributed by atoms with Crippen molar-refractivity contribution in [1.29, 1.82) is 0 Å². The molecule has 0 saturated carbocycles. The third kappa shape index (κ3) is 3.90. The fourth-order valence-corrected chi connectivity index (χ4v) is 4.25. The van der Waals surface area contributed by atoms with Crippen molar-refractivity contribution in [3.05, 3.63) is 112 Å². The quantitative estimate of drug-likeness (QED) is 0.420. The number of hydrogen-bond donors (Lipinski definition) is 0. The first-order valence-electron chi connectivity index (χ1n) is 10.8. The molecule has 0 radical (unpaired) electrons. The Morgan fingerprint density at radius 2 is 1.73 bits per heavy atom. The lowest BCUT2D eigenvalue weighted by molar-refractivity contribution is 0.0663. The van der Waals surface area contributed by atoms with Crippen LogP contribution in [-0.2, 0) is 11.3 Å². The number of nitrogens with zero attached hydrogens (tertiary/aromatic N) is 1. The standard InChI is InChI=1S/C27H23NO5/c1-31-15-14-28-24(19-10-7-11-20(16-19)32-17-18-8-3-2-4-9-18)23-25(29)21-12-5-6-13-22(21)33-26(23)27(28)30/h2-13,16,24H,14-15,17H2,1H3/t24-/m1/s1. The van der Waals surface area contributed by atoms with Crippen molar-refractivity contribution in [2.75, 3.05) is 20.3 Å². The molecule has 6 nitrogen and oxygen atoms in total. The Labute approximate surface area is 191 Å². The molecule has 5 rings (SSSR count). The molecule has 1 atom stereocenters. The highest BCUT2D eigenvalue weighted by Crippen LogP contribution is 2.38. The molecule has 0 saturated heterocycles. The van der Waals surface area contributed by atoms with Gasteiger partial charge in [-0.25, -0.2) is 0 Å². The van der Waals surface area contributed by atoms with E-state index in [2.05, 4.69) is 0 Å². The van der Waals surface area contributed by atoms with Crippen molar-refractivity contribution in [1.82, 2.24) is 4.90 Å². The Morgan fingerprint density at radius 1 is 0.939 bits per heavy atom. The summed E-state index contributed by atoms with van der Waals surface area (Å²) in [5.74, 6) is 0.440. The number of hydrogen-bond acceptors (Lipinski definition) is 5. The molecule has 1 aromatic heterocycles. The van der Waals surface area contributed by atoms with Gasteiger partial charge in [0.15, 0.2) is 5.43 Å². The number of ether oxygens (including phenoxy) is 2. The van der Waals surface area contributed by atoms with Gasteiger partial charge in [0, 0.05) is 13.7 Å². The highest BCUT2D eigenvalue weighted by Gasteiger charge is 2.42. The average molecular weight is 441 g/mol. The SMILES string of the molecule is COCCN1C(=O)c2oc3ccccc3c(=O)c2[C@H]1c1cccc(OCc2ccccc2)c1. The first-order chi connectivity index (χ1) is 16.2. The van der Waals surface area contributed by atoms with Crippen molar-refractivity contribution in [3.63, 3.8) is 0 Å². The fraction of sp³-hybridized carbons (Fsp3) is 0.185. The van der Waals surface area contributed by atoms with Crippen LogP contribution in [0.1, 0.15) is 33.3 Å². The molecule has 4 aromatic rings. The summed E-state index contributed by atoms with van der Waals surface area (Å²) in [6.45, 7) is 1.09. The molecule has 0 N–H and O–H groups in total. The topological polar surface area (TPSA) is 69.0 Å². The van der Waals surface area contributed by atoms with E-state index in [1.165, 1.54) is 0 Å². The zero-order valence-corrected chi connectivity index (χ0v) is 18.2. The number of carbonyl (C=O) groups excluding carboxylic acids is 1. The maximum Gasteiger partial charge on any atom is 0.290 e. The summed E-state index contributed by atoms with van der Waals surface area (Å²) < 4.78 is 17.2. The minimum absolute atomic E-state index is 0.0930. The van der Waals surface area contributed by atoms with E-state index in [0.717, 1.165) is 11.1 Å². The Hall–Kier alpha value is -3.90. The number of fused-ring (bicyclic) bond motifs is 2. The zero-order chi connectivity index (χ0) is 22.8. The molecule has 1 aliphatic rings. The number of amides is 1. The second kappa shape index (κ2) is 8.92. The molecule has 0 unspecified atom stereocenters. The lowest BCUT2D eigenvalue weighted by Crippen LogP contribution is -2.32. The normalized spacial score (nSPS) is 15.1.